The average molecular weight is 300 g/mol. The van der Waals surface area contributed by atoms with E-state index in [-0.39, 0.29) is 12.6 Å². The van der Waals surface area contributed by atoms with Gasteiger partial charge < -0.3 is 20.5 Å². The minimum Gasteiger partial charge on any atom is -0.497 e. The number of rotatable bonds is 5. The van der Waals surface area contributed by atoms with Gasteiger partial charge in [0.05, 0.1) is 13.2 Å². The van der Waals surface area contributed by atoms with E-state index in [9.17, 15) is 9.90 Å². The lowest BCUT2D eigenvalue weighted by Crippen LogP contribution is -2.32. The highest BCUT2D eigenvalue weighted by Gasteiger charge is 2.10. The van der Waals surface area contributed by atoms with Crippen LogP contribution in [-0.4, -0.2) is 24.8 Å². The van der Waals surface area contributed by atoms with Gasteiger partial charge in [0.1, 0.15) is 5.75 Å². The number of amides is 2. The van der Waals surface area contributed by atoms with Crippen LogP contribution >= 0.6 is 0 Å². The number of carbonyl (C=O) groups is 1. The van der Waals surface area contributed by atoms with Crippen molar-refractivity contribution in [2.75, 3.05) is 19.0 Å². The Morgan fingerprint density at radius 3 is 2.50 bits per heavy atom. The summed E-state index contributed by atoms with van der Waals surface area (Å²) in [5, 5.41) is 15.5. The number of nitrogens with one attached hydrogen (secondary N) is 2. The summed E-state index contributed by atoms with van der Waals surface area (Å²) in [6, 6.07) is 14.2. The molecule has 3 N–H and O–H groups in total. The monoisotopic (exact) mass is 300 g/mol. The van der Waals surface area contributed by atoms with Crippen molar-refractivity contribution in [1.82, 2.24) is 5.32 Å². The molecule has 0 heterocycles. The van der Waals surface area contributed by atoms with E-state index >= 15 is 0 Å². The number of benzene rings is 2. The number of anilines is 1. The van der Waals surface area contributed by atoms with E-state index in [1.807, 2.05) is 31.2 Å². The fourth-order valence-corrected chi connectivity index (χ4v) is 2.01. The Morgan fingerprint density at radius 2 is 1.86 bits per heavy atom. The van der Waals surface area contributed by atoms with Crippen molar-refractivity contribution < 1.29 is 14.6 Å². The second kappa shape index (κ2) is 7.47. The van der Waals surface area contributed by atoms with Gasteiger partial charge in [-0.2, -0.15) is 0 Å². The molecule has 0 radical (unpaired) electrons. The quantitative estimate of drug-likeness (QED) is 0.795. The lowest BCUT2D eigenvalue weighted by atomic mass is 10.1. The van der Waals surface area contributed by atoms with Crippen molar-refractivity contribution in [3.05, 3.63) is 59.7 Å². The third kappa shape index (κ3) is 4.23. The van der Waals surface area contributed by atoms with Crippen LogP contribution in [0.1, 0.15) is 17.2 Å². The Bertz CT molecular complexity index is 626. The van der Waals surface area contributed by atoms with Gasteiger partial charge in [-0.25, -0.2) is 4.79 Å². The van der Waals surface area contributed by atoms with Crippen molar-refractivity contribution in [2.45, 2.75) is 13.0 Å². The molecule has 2 rings (SSSR count). The first-order valence-corrected chi connectivity index (χ1v) is 7.02. The fourth-order valence-electron chi connectivity index (χ4n) is 2.01. The van der Waals surface area contributed by atoms with E-state index < -0.39 is 6.10 Å². The molecule has 0 aliphatic carbocycles. The lowest BCUT2D eigenvalue weighted by Gasteiger charge is -2.14. The predicted octanol–water partition coefficient (Wildman–Crippen LogP) is 2.86. The van der Waals surface area contributed by atoms with Gasteiger partial charge >= 0.3 is 6.03 Å². The highest BCUT2D eigenvalue weighted by molar-refractivity contribution is 5.90. The molecule has 2 amide bonds. The Labute approximate surface area is 129 Å². The maximum atomic E-state index is 11.8. The summed E-state index contributed by atoms with van der Waals surface area (Å²) in [7, 11) is 1.59. The smallest absolute Gasteiger partial charge is 0.319 e. The van der Waals surface area contributed by atoms with Crippen LogP contribution in [0.5, 0.6) is 5.75 Å². The number of hydrogen-bond acceptors (Lipinski definition) is 3. The number of urea groups is 1. The Morgan fingerprint density at radius 1 is 1.18 bits per heavy atom. The van der Waals surface area contributed by atoms with Crippen LogP contribution in [0.3, 0.4) is 0 Å². The van der Waals surface area contributed by atoms with Gasteiger partial charge in [0.15, 0.2) is 0 Å². The first-order valence-electron chi connectivity index (χ1n) is 7.02. The Balaban J connectivity index is 1.86. The number of aliphatic hydroxyl groups excluding tert-OH is 1. The molecule has 0 fully saturated rings. The molecule has 0 aromatic heterocycles. The van der Waals surface area contributed by atoms with Gasteiger partial charge in [-0.15, -0.1) is 0 Å². The zero-order valence-electron chi connectivity index (χ0n) is 12.7. The average Bonchev–Trinajstić information content (AvgIpc) is 2.55. The summed E-state index contributed by atoms with van der Waals surface area (Å²) < 4.78 is 5.06. The van der Waals surface area contributed by atoms with Crippen LogP contribution < -0.4 is 15.4 Å². The van der Waals surface area contributed by atoms with Crippen LogP contribution in [0.2, 0.25) is 0 Å². The van der Waals surface area contributed by atoms with Crippen LogP contribution in [0.4, 0.5) is 10.5 Å². The van der Waals surface area contributed by atoms with E-state index in [2.05, 4.69) is 10.6 Å². The molecule has 22 heavy (non-hydrogen) atoms. The third-order valence-electron chi connectivity index (χ3n) is 3.35. The summed E-state index contributed by atoms with van der Waals surface area (Å²) in [6.07, 6.45) is -0.770. The van der Waals surface area contributed by atoms with E-state index in [0.29, 0.717) is 0 Å². The van der Waals surface area contributed by atoms with Crippen LogP contribution in [0.25, 0.3) is 0 Å². The molecule has 2 aromatic rings. The summed E-state index contributed by atoms with van der Waals surface area (Å²) in [5.41, 5.74) is 2.45. The van der Waals surface area contributed by atoms with Gasteiger partial charge in [0.25, 0.3) is 0 Å². The number of hydrogen-bond donors (Lipinski definition) is 3. The van der Waals surface area contributed by atoms with E-state index in [1.54, 1.807) is 31.4 Å². The van der Waals surface area contributed by atoms with Crippen molar-refractivity contribution in [2.24, 2.45) is 0 Å². The van der Waals surface area contributed by atoms with E-state index in [1.165, 1.54) is 0 Å². The molecule has 0 saturated heterocycles. The van der Waals surface area contributed by atoms with Crippen molar-refractivity contribution in [3.8, 4) is 5.75 Å². The Hall–Kier alpha value is -2.53. The molecule has 0 aliphatic heterocycles. The molecule has 2 aromatic carbocycles. The predicted molar refractivity (Wildman–Crippen MR) is 86.2 cm³/mol. The standard InChI is InChI=1S/C17H20N2O3/c1-12-5-3-4-6-15(12)19-17(21)18-11-16(20)13-7-9-14(22-2)10-8-13/h3-10,16,20H,11H2,1-2H3,(H2,18,19,21). The lowest BCUT2D eigenvalue weighted by molar-refractivity contribution is 0.175. The van der Waals surface area contributed by atoms with Crippen molar-refractivity contribution >= 4 is 11.7 Å². The summed E-state index contributed by atoms with van der Waals surface area (Å²) >= 11 is 0. The largest absolute Gasteiger partial charge is 0.497 e. The number of aryl methyl sites for hydroxylation is 1. The summed E-state index contributed by atoms with van der Waals surface area (Å²) in [6.45, 7) is 2.05. The topological polar surface area (TPSA) is 70.6 Å². The molecule has 5 nitrogen and oxygen atoms in total. The molecule has 1 atom stereocenters. The minimum absolute atomic E-state index is 0.129. The van der Waals surface area contributed by atoms with Crippen LogP contribution in [0, 0.1) is 6.92 Å². The van der Waals surface area contributed by atoms with Gasteiger partial charge in [-0.3, -0.25) is 0 Å². The first kappa shape index (κ1) is 15.9. The van der Waals surface area contributed by atoms with Gasteiger partial charge in [0, 0.05) is 12.2 Å². The van der Waals surface area contributed by atoms with Crippen molar-refractivity contribution in [3.63, 3.8) is 0 Å². The normalized spacial score (nSPS) is 11.6. The molecule has 116 valence electrons. The zero-order valence-corrected chi connectivity index (χ0v) is 12.7. The number of ether oxygens (including phenoxy) is 1. The van der Waals surface area contributed by atoms with Crippen LogP contribution in [0.15, 0.2) is 48.5 Å². The van der Waals surface area contributed by atoms with Gasteiger partial charge in [-0.1, -0.05) is 30.3 Å². The summed E-state index contributed by atoms with van der Waals surface area (Å²) in [4.78, 5) is 11.8. The van der Waals surface area contributed by atoms with Crippen LogP contribution in [-0.2, 0) is 0 Å². The molecular weight excluding hydrogens is 280 g/mol. The third-order valence-corrected chi connectivity index (χ3v) is 3.35. The number of methoxy groups -OCH3 is 1. The highest BCUT2D eigenvalue weighted by atomic mass is 16.5. The van der Waals surface area contributed by atoms with E-state index in [0.717, 1.165) is 22.6 Å². The minimum atomic E-state index is -0.770. The number of aliphatic hydroxyl groups is 1. The highest BCUT2D eigenvalue weighted by Crippen LogP contribution is 2.17. The molecule has 1 unspecified atom stereocenters. The summed E-state index contributed by atoms with van der Waals surface area (Å²) in [5.74, 6) is 0.723. The van der Waals surface area contributed by atoms with E-state index in [4.69, 9.17) is 4.74 Å². The Kier molecular flexibility index (Phi) is 5.38. The number of carbonyl (C=O) groups excluding carboxylic acids is 1. The molecule has 0 bridgehead atoms. The maximum absolute atomic E-state index is 11.8. The molecule has 0 saturated carbocycles. The molecule has 0 spiro atoms. The maximum Gasteiger partial charge on any atom is 0.319 e. The van der Waals surface area contributed by atoms with Gasteiger partial charge in [0.2, 0.25) is 0 Å². The second-order valence-electron chi connectivity index (χ2n) is 4.94. The second-order valence-corrected chi connectivity index (χ2v) is 4.94. The first-order chi connectivity index (χ1) is 10.6. The number of para-hydroxylation sites is 1. The molecular formula is C17H20N2O3. The van der Waals surface area contributed by atoms with Crippen molar-refractivity contribution in [1.29, 1.82) is 0 Å². The molecule has 0 aliphatic rings. The molecule has 5 heteroatoms. The SMILES string of the molecule is COc1ccc(C(O)CNC(=O)Nc2ccccc2C)cc1. The van der Waals surface area contributed by atoms with Gasteiger partial charge in [-0.05, 0) is 36.2 Å². The fraction of sp³-hybridized carbons (Fsp3) is 0.235. The zero-order chi connectivity index (χ0) is 15.9.